The first-order valence-electron chi connectivity index (χ1n) is 6.62. The van der Waals surface area contributed by atoms with Crippen LogP contribution in [0.4, 0.5) is 0 Å². The Balaban J connectivity index is 2.15. The van der Waals surface area contributed by atoms with Crippen molar-refractivity contribution < 1.29 is 9.90 Å². The molecule has 1 N–H and O–H groups in total. The number of carbonyl (C=O) groups is 1. The third-order valence-electron chi connectivity index (χ3n) is 4.25. The van der Waals surface area contributed by atoms with E-state index >= 15 is 0 Å². The van der Waals surface area contributed by atoms with E-state index < -0.39 is 5.97 Å². The van der Waals surface area contributed by atoms with Crippen LogP contribution in [0.1, 0.15) is 25.0 Å². The van der Waals surface area contributed by atoms with Crippen molar-refractivity contribution in [3.8, 4) is 0 Å². The van der Waals surface area contributed by atoms with Crippen LogP contribution in [0.2, 0.25) is 0 Å². The second-order valence-electron chi connectivity index (χ2n) is 5.28. The van der Waals surface area contributed by atoms with Crippen LogP contribution in [-0.2, 0) is 11.3 Å². The number of benzene rings is 1. The first-order chi connectivity index (χ1) is 9.52. The molecule has 1 aliphatic heterocycles. The third kappa shape index (κ3) is 2.07. The predicted molar refractivity (Wildman–Crippen MR) is 85.6 cm³/mol. The molecule has 3 rings (SSSR count). The van der Waals surface area contributed by atoms with Crippen LogP contribution in [0.5, 0.6) is 0 Å². The Hall–Kier alpha value is -0.940. The summed E-state index contributed by atoms with van der Waals surface area (Å²) in [6, 6.07) is 6.47. The number of aryl methyl sites for hydroxylation is 1. The number of aromatic nitrogens is 1. The maximum absolute atomic E-state index is 11.3. The summed E-state index contributed by atoms with van der Waals surface area (Å²) in [5, 5.41) is 10.4. The molecule has 2 atom stereocenters. The summed E-state index contributed by atoms with van der Waals surface area (Å²) < 4.78 is 3.37. The smallest absolute Gasteiger partial charge is 0.306 e. The number of carboxylic acids is 1. The van der Waals surface area contributed by atoms with Gasteiger partial charge in [-0.15, -0.1) is 11.8 Å². The fourth-order valence-corrected chi connectivity index (χ4v) is 4.26. The van der Waals surface area contributed by atoms with Gasteiger partial charge in [-0.25, -0.2) is 0 Å². The Bertz CT molecular complexity index is 695. The van der Waals surface area contributed by atoms with Crippen molar-refractivity contribution in [2.45, 2.75) is 30.7 Å². The zero-order valence-corrected chi connectivity index (χ0v) is 13.8. The number of hydrogen-bond donors (Lipinski definition) is 1. The largest absolute Gasteiger partial charge is 0.481 e. The quantitative estimate of drug-likeness (QED) is 0.834. The van der Waals surface area contributed by atoms with Crippen molar-refractivity contribution in [1.29, 1.82) is 0 Å². The van der Waals surface area contributed by atoms with Gasteiger partial charge in [0.1, 0.15) is 0 Å². The number of carboxylic acid groups (broad SMARTS) is 1. The fraction of sp³-hybridized carbons (Fsp3) is 0.400. The Morgan fingerprint density at radius 1 is 1.50 bits per heavy atom. The van der Waals surface area contributed by atoms with E-state index in [0.29, 0.717) is 0 Å². The maximum atomic E-state index is 11.3. The molecule has 20 heavy (non-hydrogen) atoms. The zero-order chi connectivity index (χ0) is 14.4. The van der Waals surface area contributed by atoms with Crippen LogP contribution in [0, 0.1) is 5.92 Å². The van der Waals surface area contributed by atoms with Crippen LogP contribution in [0.15, 0.2) is 27.6 Å². The van der Waals surface area contributed by atoms with E-state index in [4.69, 9.17) is 0 Å². The molecule has 0 saturated carbocycles. The van der Waals surface area contributed by atoms with Crippen LogP contribution < -0.4 is 0 Å². The van der Waals surface area contributed by atoms with Gasteiger partial charge in [0.25, 0.3) is 0 Å². The first-order valence-corrected chi connectivity index (χ1v) is 8.64. The van der Waals surface area contributed by atoms with E-state index in [1.165, 1.54) is 15.8 Å². The molecule has 2 heterocycles. The van der Waals surface area contributed by atoms with Gasteiger partial charge in [-0.3, -0.25) is 4.79 Å². The lowest BCUT2D eigenvalue weighted by molar-refractivity contribution is -0.141. The Morgan fingerprint density at radius 3 is 2.90 bits per heavy atom. The van der Waals surface area contributed by atoms with E-state index in [1.807, 2.05) is 6.92 Å². The first kappa shape index (κ1) is 14.0. The molecule has 5 heteroatoms. The minimum Gasteiger partial charge on any atom is -0.481 e. The van der Waals surface area contributed by atoms with Crippen molar-refractivity contribution in [3.63, 3.8) is 0 Å². The molecule has 0 saturated heterocycles. The normalized spacial score (nSPS) is 19.2. The van der Waals surface area contributed by atoms with Gasteiger partial charge in [-0.05, 0) is 30.9 Å². The zero-order valence-electron chi connectivity index (χ0n) is 11.4. The van der Waals surface area contributed by atoms with Gasteiger partial charge < -0.3 is 9.67 Å². The lowest BCUT2D eigenvalue weighted by Gasteiger charge is -2.13. The molecular weight excluding hydrogens is 338 g/mol. The molecular formula is C15H16BrNO2S. The number of aliphatic carboxylic acids is 1. The van der Waals surface area contributed by atoms with Gasteiger partial charge in [0.15, 0.2) is 0 Å². The van der Waals surface area contributed by atoms with Gasteiger partial charge >= 0.3 is 5.97 Å². The molecule has 0 aliphatic carbocycles. The van der Waals surface area contributed by atoms with Gasteiger partial charge in [0.2, 0.25) is 0 Å². The molecule has 2 unspecified atom stereocenters. The standard InChI is InChI=1S/C15H16BrNO2S/c1-8(15(18)19)10-3-4-17-13-6-9(20-2)5-12(16)11(13)7-14(10)17/h5-8,10H,3-4H2,1-2H3,(H,18,19). The maximum Gasteiger partial charge on any atom is 0.306 e. The average molecular weight is 354 g/mol. The molecule has 0 bridgehead atoms. The molecule has 0 fully saturated rings. The molecule has 106 valence electrons. The van der Waals surface area contributed by atoms with Crippen LogP contribution in [0.25, 0.3) is 10.9 Å². The third-order valence-corrected chi connectivity index (χ3v) is 5.61. The monoisotopic (exact) mass is 353 g/mol. The summed E-state index contributed by atoms with van der Waals surface area (Å²) >= 11 is 5.35. The molecule has 0 spiro atoms. The molecule has 3 nitrogen and oxygen atoms in total. The molecule has 0 radical (unpaired) electrons. The topological polar surface area (TPSA) is 42.2 Å². The van der Waals surface area contributed by atoms with E-state index in [0.717, 1.165) is 23.1 Å². The minimum absolute atomic E-state index is 0.115. The van der Waals surface area contributed by atoms with Crippen molar-refractivity contribution in [3.05, 3.63) is 28.4 Å². The van der Waals surface area contributed by atoms with Crippen LogP contribution in [-0.4, -0.2) is 21.9 Å². The number of fused-ring (bicyclic) bond motifs is 3. The number of halogens is 1. The predicted octanol–water partition coefficient (Wildman–Crippen LogP) is 4.33. The van der Waals surface area contributed by atoms with Crippen molar-refractivity contribution in [2.24, 2.45) is 5.92 Å². The van der Waals surface area contributed by atoms with E-state index in [9.17, 15) is 9.90 Å². The van der Waals surface area contributed by atoms with Gasteiger partial charge in [0, 0.05) is 32.9 Å². The lowest BCUT2D eigenvalue weighted by Crippen LogP contribution is -2.17. The number of rotatable bonds is 3. The Kier molecular flexibility index (Phi) is 3.58. The molecule has 2 aromatic rings. The van der Waals surface area contributed by atoms with Crippen LogP contribution >= 0.6 is 27.7 Å². The Labute approximate surface area is 130 Å². The van der Waals surface area contributed by atoms with Gasteiger partial charge in [0.05, 0.1) is 11.4 Å². The fourth-order valence-electron chi connectivity index (χ4n) is 3.08. The summed E-state index contributed by atoms with van der Waals surface area (Å²) in [7, 11) is 0. The summed E-state index contributed by atoms with van der Waals surface area (Å²) in [5.74, 6) is -0.929. The molecule has 0 amide bonds. The second kappa shape index (κ2) is 5.11. The summed E-state index contributed by atoms with van der Waals surface area (Å²) in [5.41, 5.74) is 2.37. The number of thioether (sulfide) groups is 1. The van der Waals surface area contributed by atoms with E-state index in [-0.39, 0.29) is 11.8 Å². The van der Waals surface area contributed by atoms with Crippen molar-refractivity contribution >= 4 is 44.6 Å². The second-order valence-corrected chi connectivity index (χ2v) is 7.02. The number of nitrogens with zero attached hydrogens (tertiary/aromatic N) is 1. The van der Waals surface area contributed by atoms with Crippen molar-refractivity contribution in [2.75, 3.05) is 6.26 Å². The van der Waals surface area contributed by atoms with E-state index in [1.54, 1.807) is 11.8 Å². The van der Waals surface area contributed by atoms with Crippen molar-refractivity contribution in [1.82, 2.24) is 4.57 Å². The highest BCUT2D eigenvalue weighted by molar-refractivity contribution is 9.10. The van der Waals surface area contributed by atoms with Gasteiger partial charge in [-0.1, -0.05) is 22.9 Å². The SMILES string of the molecule is CSc1cc(Br)c2cc3n(c2c1)CCC3C(C)C(=O)O. The lowest BCUT2D eigenvalue weighted by atomic mass is 9.90. The molecule has 1 aromatic carbocycles. The van der Waals surface area contributed by atoms with Gasteiger partial charge in [-0.2, -0.15) is 0 Å². The average Bonchev–Trinajstić information content (AvgIpc) is 2.97. The highest BCUT2D eigenvalue weighted by Gasteiger charge is 2.33. The summed E-state index contributed by atoms with van der Waals surface area (Å²) in [4.78, 5) is 12.5. The highest BCUT2D eigenvalue weighted by atomic mass is 79.9. The summed E-state index contributed by atoms with van der Waals surface area (Å²) in [6.07, 6.45) is 2.98. The van der Waals surface area contributed by atoms with Crippen LogP contribution in [0.3, 0.4) is 0 Å². The number of hydrogen-bond acceptors (Lipinski definition) is 2. The highest BCUT2D eigenvalue weighted by Crippen LogP contribution is 2.41. The Morgan fingerprint density at radius 2 is 2.25 bits per heavy atom. The molecule has 1 aromatic heterocycles. The molecule has 1 aliphatic rings. The minimum atomic E-state index is -0.711. The summed E-state index contributed by atoms with van der Waals surface area (Å²) in [6.45, 7) is 2.72. The van der Waals surface area contributed by atoms with E-state index in [2.05, 4.69) is 45.0 Å².